The summed E-state index contributed by atoms with van der Waals surface area (Å²) in [5, 5.41) is 55.7. The molecule has 0 bridgehead atoms. The fourth-order valence-corrected chi connectivity index (χ4v) is 5.80. The van der Waals surface area contributed by atoms with Crippen molar-refractivity contribution in [3.05, 3.63) is 52.3 Å². The maximum Gasteiger partial charge on any atom is 0.255 e. The Bertz CT molecular complexity index is 1230. The highest BCUT2D eigenvalue weighted by molar-refractivity contribution is 6.24. The van der Waals surface area contributed by atoms with E-state index in [0.29, 0.717) is 5.56 Å². The van der Waals surface area contributed by atoms with Crippen LogP contribution in [0.2, 0.25) is 0 Å². The number of carbonyl (C=O) groups excluding carboxylic acids is 3. The van der Waals surface area contributed by atoms with E-state index in [1.165, 1.54) is 25.1 Å². The highest BCUT2D eigenvalue weighted by Gasteiger charge is 2.68. The number of hydrogen-bond donors (Lipinski definition) is 6. The second kappa shape index (κ2) is 7.52. The van der Waals surface area contributed by atoms with Crippen molar-refractivity contribution in [3.8, 4) is 5.75 Å². The molecule has 0 aromatic heterocycles. The normalized spacial score (nSPS) is 32.9. The van der Waals surface area contributed by atoms with E-state index < -0.39 is 75.6 Å². The molecule has 180 valence electrons. The maximum absolute atomic E-state index is 13.8. The summed E-state index contributed by atoms with van der Waals surface area (Å²) in [5.41, 5.74) is 1.65. The molecule has 1 amide bonds. The highest BCUT2D eigenvalue weighted by atomic mass is 16.4. The molecule has 0 aliphatic heterocycles. The lowest BCUT2D eigenvalue weighted by molar-refractivity contribution is -0.169. The van der Waals surface area contributed by atoms with Crippen molar-refractivity contribution in [2.24, 2.45) is 17.6 Å². The van der Waals surface area contributed by atoms with Gasteiger partial charge in [0.2, 0.25) is 5.78 Å². The summed E-state index contributed by atoms with van der Waals surface area (Å²) >= 11 is 0. The fourth-order valence-electron chi connectivity index (χ4n) is 5.80. The summed E-state index contributed by atoms with van der Waals surface area (Å²) in [4.78, 5) is 40.2. The zero-order valence-electron chi connectivity index (χ0n) is 18.8. The van der Waals surface area contributed by atoms with E-state index >= 15 is 0 Å². The molecule has 34 heavy (non-hydrogen) atoms. The van der Waals surface area contributed by atoms with E-state index in [0.717, 1.165) is 0 Å². The van der Waals surface area contributed by atoms with Gasteiger partial charge in [-0.1, -0.05) is 31.7 Å². The number of aliphatic hydroxyl groups is 4. The number of rotatable bonds is 3. The molecule has 7 N–H and O–H groups in total. The average molecular weight is 470 g/mol. The van der Waals surface area contributed by atoms with Crippen LogP contribution in [0.25, 0.3) is 11.8 Å². The van der Waals surface area contributed by atoms with Crippen molar-refractivity contribution in [2.45, 2.75) is 30.6 Å². The molecule has 3 aliphatic rings. The van der Waals surface area contributed by atoms with Gasteiger partial charge in [-0.25, -0.2) is 0 Å². The van der Waals surface area contributed by atoms with Gasteiger partial charge in [-0.05, 0) is 25.6 Å². The van der Waals surface area contributed by atoms with Crippen LogP contribution >= 0.6 is 0 Å². The molecule has 0 spiro atoms. The molecule has 3 aliphatic carbocycles. The number of primary amides is 1. The van der Waals surface area contributed by atoms with Gasteiger partial charge in [-0.15, -0.1) is 0 Å². The Morgan fingerprint density at radius 1 is 1.21 bits per heavy atom. The number of phenolic OH excluding ortho intramolecular Hbond substituents is 1. The van der Waals surface area contributed by atoms with E-state index in [-0.39, 0.29) is 16.9 Å². The summed E-state index contributed by atoms with van der Waals surface area (Å²) in [7, 11) is 2.91. The first-order chi connectivity index (χ1) is 15.8. The minimum absolute atomic E-state index is 0.0617. The minimum atomic E-state index is -2.92. The summed E-state index contributed by atoms with van der Waals surface area (Å²) in [5.74, 6) is -9.07. The predicted molar refractivity (Wildman–Crippen MR) is 120 cm³/mol. The maximum atomic E-state index is 13.8. The van der Waals surface area contributed by atoms with Gasteiger partial charge in [0.05, 0.1) is 23.6 Å². The number of amides is 1. The second-order valence-corrected chi connectivity index (χ2v) is 9.22. The lowest BCUT2D eigenvalue weighted by Crippen LogP contribution is -2.70. The second-order valence-electron chi connectivity index (χ2n) is 9.22. The van der Waals surface area contributed by atoms with Crippen LogP contribution in [0, 0.1) is 11.8 Å². The number of aliphatic hydroxyl groups excluding tert-OH is 3. The monoisotopic (exact) mass is 470 g/mol. The predicted octanol–water partition coefficient (Wildman–Crippen LogP) is 0.139. The van der Waals surface area contributed by atoms with Gasteiger partial charge in [-0.3, -0.25) is 19.3 Å². The number of benzene rings is 1. The summed E-state index contributed by atoms with van der Waals surface area (Å²) in [6, 6.07) is 1.82. The lowest BCUT2D eigenvalue weighted by atomic mass is 9.54. The third-order valence-corrected chi connectivity index (χ3v) is 7.38. The Hall–Kier alpha value is -3.47. The van der Waals surface area contributed by atoms with Crippen LogP contribution < -0.4 is 5.73 Å². The van der Waals surface area contributed by atoms with Crippen LogP contribution in [0.1, 0.15) is 29.5 Å². The van der Waals surface area contributed by atoms with Crippen LogP contribution in [0.4, 0.5) is 0 Å². The fraction of sp³-hybridized carbons (Fsp3) is 0.375. The molecule has 4 rings (SSSR count). The Morgan fingerprint density at radius 3 is 2.35 bits per heavy atom. The van der Waals surface area contributed by atoms with Crippen molar-refractivity contribution in [2.75, 3.05) is 14.1 Å². The number of likely N-dealkylation sites (N-methyl/N-ethyl adjacent to an activating group) is 1. The van der Waals surface area contributed by atoms with Crippen molar-refractivity contribution in [1.82, 2.24) is 4.90 Å². The molecule has 1 fully saturated rings. The number of nitrogens with zero attached hydrogens (tertiary/aromatic N) is 1. The Balaban J connectivity index is 2.07. The standard InChI is InChI=1S/C24H26N2O8/c1-5-9-6-7-10-8(2)11-13(18(28)12(10)17(9)27)21(31)24(34)15(19(11)29)16(26(3)4)20(30)14(22(24)32)23(25)33/h5-8,11,15-16,19,27-29,32,34H,1H2,2-4H3,(H2,25,33)/t8-,11+,15+,16-,19-,24-/m0/s1. The number of carbonyl (C=O) groups is 3. The van der Waals surface area contributed by atoms with E-state index in [9.17, 15) is 39.9 Å². The Labute approximate surface area is 194 Å². The van der Waals surface area contributed by atoms with Crippen LogP contribution in [-0.2, 0) is 14.4 Å². The number of phenols is 1. The molecule has 1 aromatic rings. The number of fused-ring (bicyclic) bond motifs is 3. The highest BCUT2D eigenvalue weighted by Crippen LogP contribution is 2.56. The number of aromatic hydroxyl groups is 1. The molecule has 0 unspecified atom stereocenters. The van der Waals surface area contributed by atoms with Crippen LogP contribution in [0.3, 0.4) is 0 Å². The lowest BCUT2D eigenvalue weighted by Gasteiger charge is -2.53. The summed E-state index contributed by atoms with van der Waals surface area (Å²) in [6.07, 6.45) is -0.259. The molecule has 1 aromatic carbocycles. The Kier molecular flexibility index (Phi) is 5.24. The van der Waals surface area contributed by atoms with Gasteiger partial charge in [0.1, 0.15) is 22.8 Å². The molecular formula is C24H26N2O8. The first-order valence-corrected chi connectivity index (χ1v) is 10.6. The van der Waals surface area contributed by atoms with Crippen molar-refractivity contribution in [1.29, 1.82) is 0 Å². The smallest absolute Gasteiger partial charge is 0.255 e. The number of ketones is 2. The van der Waals surface area contributed by atoms with Gasteiger partial charge in [0, 0.05) is 17.1 Å². The van der Waals surface area contributed by atoms with Gasteiger partial charge in [-0.2, -0.15) is 0 Å². The van der Waals surface area contributed by atoms with E-state index in [1.54, 1.807) is 19.1 Å². The summed E-state index contributed by atoms with van der Waals surface area (Å²) in [6.45, 7) is 5.27. The molecule has 10 heteroatoms. The molecule has 6 atom stereocenters. The topological polar surface area (TPSA) is 182 Å². The number of Topliss-reactive ketones (excluding diaryl/α,β-unsaturated/α-hetero) is 2. The molecule has 1 saturated carbocycles. The third kappa shape index (κ3) is 2.70. The number of nitrogens with two attached hydrogens (primary N) is 1. The first-order valence-electron chi connectivity index (χ1n) is 10.6. The third-order valence-electron chi connectivity index (χ3n) is 7.38. The first kappa shape index (κ1) is 23.7. The average Bonchev–Trinajstić information content (AvgIpc) is 2.75. The molecule has 0 saturated heterocycles. The number of hydrogen-bond acceptors (Lipinski definition) is 9. The van der Waals surface area contributed by atoms with Gasteiger partial charge in [0.25, 0.3) is 5.91 Å². The van der Waals surface area contributed by atoms with E-state index in [1.807, 2.05) is 0 Å². The van der Waals surface area contributed by atoms with Gasteiger partial charge >= 0.3 is 0 Å². The minimum Gasteiger partial charge on any atom is -0.508 e. The van der Waals surface area contributed by atoms with Crippen LogP contribution in [0.15, 0.2) is 35.6 Å². The van der Waals surface area contributed by atoms with Crippen LogP contribution in [-0.4, -0.2) is 79.7 Å². The van der Waals surface area contributed by atoms with E-state index in [4.69, 9.17) is 5.73 Å². The zero-order chi connectivity index (χ0) is 25.4. The molecule has 10 nitrogen and oxygen atoms in total. The van der Waals surface area contributed by atoms with Gasteiger partial charge < -0.3 is 31.3 Å². The van der Waals surface area contributed by atoms with E-state index in [2.05, 4.69) is 6.58 Å². The van der Waals surface area contributed by atoms with Crippen molar-refractivity contribution >= 4 is 29.3 Å². The summed E-state index contributed by atoms with van der Waals surface area (Å²) < 4.78 is 0. The molecular weight excluding hydrogens is 444 g/mol. The van der Waals surface area contributed by atoms with Crippen molar-refractivity contribution < 1.29 is 39.9 Å². The molecule has 0 radical (unpaired) electrons. The van der Waals surface area contributed by atoms with Crippen LogP contribution in [0.5, 0.6) is 5.75 Å². The Morgan fingerprint density at radius 2 is 1.82 bits per heavy atom. The quantitative estimate of drug-likeness (QED) is 0.335. The zero-order valence-corrected chi connectivity index (χ0v) is 18.8. The van der Waals surface area contributed by atoms with Crippen molar-refractivity contribution in [3.63, 3.8) is 0 Å². The van der Waals surface area contributed by atoms with Gasteiger partial charge in [0.15, 0.2) is 11.4 Å². The SMILES string of the molecule is C=Cc1ccc2c(c1O)C(O)=C1C(=O)[C@]3(O)C(O)=C(C(N)=O)C(=O)[C@@H](N(C)C)[C@@H]3[C@@H](O)[C@@H]1[C@H]2C. The molecule has 0 heterocycles. The largest absolute Gasteiger partial charge is 0.508 e.